The number of hydrogen-bond acceptors (Lipinski definition) is 1. The van der Waals surface area contributed by atoms with Crippen molar-refractivity contribution < 1.29 is 8.78 Å². The third-order valence-electron chi connectivity index (χ3n) is 2.14. The van der Waals surface area contributed by atoms with Crippen LogP contribution in [-0.4, -0.2) is 19.0 Å². The van der Waals surface area contributed by atoms with E-state index in [2.05, 4.69) is 12.2 Å². The van der Waals surface area contributed by atoms with Crippen molar-refractivity contribution >= 4 is 0 Å². The van der Waals surface area contributed by atoms with Gasteiger partial charge in [0.1, 0.15) is 0 Å². The van der Waals surface area contributed by atoms with E-state index in [1.165, 1.54) is 25.7 Å². The molecule has 0 saturated carbocycles. The lowest BCUT2D eigenvalue weighted by Crippen LogP contribution is -2.30. The second kappa shape index (κ2) is 8.16. The van der Waals surface area contributed by atoms with Crippen LogP contribution in [0.15, 0.2) is 0 Å². The van der Waals surface area contributed by atoms with E-state index in [0.29, 0.717) is 0 Å². The fraction of sp³-hybridized carbons (Fsp3) is 1.00. The minimum absolute atomic E-state index is 0.192. The largest absolute Gasteiger partial charge is 0.311 e. The van der Waals surface area contributed by atoms with E-state index in [-0.39, 0.29) is 6.54 Å². The van der Waals surface area contributed by atoms with Crippen molar-refractivity contribution in [1.82, 2.24) is 5.32 Å². The Morgan fingerprint density at radius 2 is 1.57 bits per heavy atom. The van der Waals surface area contributed by atoms with Gasteiger partial charge in [0.05, 0.1) is 6.54 Å². The van der Waals surface area contributed by atoms with Crippen molar-refractivity contribution in [1.29, 1.82) is 0 Å². The van der Waals surface area contributed by atoms with Crippen LogP contribution in [0.3, 0.4) is 0 Å². The van der Waals surface area contributed by atoms with E-state index in [9.17, 15) is 8.78 Å². The van der Waals surface area contributed by atoms with Crippen molar-refractivity contribution in [2.45, 2.75) is 58.3 Å². The van der Waals surface area contributed by atoms with E-state index < -0.39 is 5.92 Å². The van der Waals surface area contributed by atoms with Gasteiger partial charge in [-0.3, -0.25) is 0 Å². The summed E-state index contributed by atoms with van der Waals surface area (Å²) in [4.78, 5) is 0. The summed E-state index contributed by atoms with van der Waals surface area (Å²) in [6, 6.07) is 0. The van der Waals surface area contributed by atoms with Crippen LogP contribution in [0.1, 0.15) is 52.4 Å². The van der Waals surface area contributed by atoms with Crippen LogP contribution in [0.5, 0.6) is 0 Å². The molecule has 0 heterocycles. The van der Waals surface area contributed by atoms with Crippen LogP contribution >= 0.6 is 0 Å². The van der Waals surface area contributed by atoms with Crippen LogP contribution in [0.25, 0.3) is 0 Å². The molecule has 0 fully saturated rings. The zero-order valence-electron chi connectivity index (χ0n) is 9.41. The first kappa shape index (κ1) is 13.8. The molecule has 0 saturated heterocycles. The maximum absolute atomic E-state index is 12.3. The molecule has 0 aliphatic rings. The monoisotopic (exact) mass is 207 g/mol. The highest BCUT2D eigenvalue weighted by Crippen LogP contribution is 2.09. The Bertz CT molecular complexity index is 121. The summed E-state index contributed by atoms with van der Waals surface area (Å²) in [6.45, 7) is 3.66. The Kier molecular flexibility index (Phi) is 8.05. The highest BCUT2D eigenvalue weighted by Gasteiger charge is 2.19. The van der Waals surface area contributed by atoms with Crippen molar-refractivity contribution in [2.24, 2.45) is 0 Å². The number of unbranched alkanes of at least 4 members (excludes halogenated alkanes) is 5. The molecule has 0 radical (unpaired) electrons. The van der Waals surface area contributed by atoms with Crippen LogP contribution in [0.2, 0.25) is 0 Å². The lowest BCUT2D eigenvalue weighted by atomic mass is 10.1. The molecular formula is C11H23F2N. The second-order valence-corrected chi connectivity index (χ2v) is 4.01. The number of rotatable bonds is 9. The van der Waals surface area contributed by atoms with Crippen LogP contribution in [0.4, 0.5) is 8.78 Å². The molecule has 0 aliphatic carbocycles. The summed E-state index contributed by atoms with van der Waals surface area (Å²) in [5, 5.41) is 2.77. The summed E-state index contributed by atoms with van der Waals surface area (Å²) in [7, 11) is 0. The molecular weight excluding hydrogens is 184 g/mol. The molecule has 0 spiro atoms. The van der Waals surface area contributed by atoms with E-state index in [1.807, 2.05) is 0 Å². The van der Waals surface area contributed by atoms with Gasteiger partial charge in [-0.2, -0.15) is 0 Å². The molecule has 0 unspecified atom stereocenters. The van der Waals surface area contributed by atoms with Gasteiger partial charge >= 0.3 is 0 Å². The molecule has 0 aromatic heterocycles. The third-order valence-corrected chi connectivity index (χ3v) is 2.14. The summed E-state index contributed by atoms with van der Waals surface area (Å²) in [5.74, 6) is -2.57. The minimum Gasteiger partial charge on any atom is -0.311 e. The van der Waals surface area contributed by atoms with Gasteiger partial charge in [-0.05, 0) is 13.0 Å². The number of halogens is 2. The Labute approximate surface area is 86.3 Å². The summed E-state index contributed by atoms with van der Waals surface area (Å²) < 4.78 is 24.7. The van der Waals surface area contributed by atoms with Gasteiger partial charge < -0.3 is 5.32 Å². The first-order valence-corrected chi connectivity index (χ1v) is 5.65. The molecule has 0 bridgehead atoms. The second-order valence-electron chi connectivity index (χ2n) is 4.01. The molecule has 3 heteroatoms. The normalized spacial score (nSPS) is 12.0. The van der Waals surface area contributed by atoms with Crippen molar-refractivity contribution in [3.8, 4) is 0 Å². The van der Waals surface area contributed by atoms with Crippen molar-refractivity contribution in [3.63, 3.8) is 0 Å². The number of alkyl halides is 2. The molecule has 1 N–H and O–H groups in total. The third kappa shape index (κ3) is 11.8. The summed E-state index contributed by atoms with van der Waals surface area (Å²) in [6.07, 6.45) is 7.22. The molecule has 0 atom stereocenters. The molecule has 1 nitrogen and oxygen atoms in total. The van der Waals surface area contributed by atoms with Gasteiger partial charge in [0, 0.05) is 6.92 Å². The van der Waals surface area contributed by atoms with Gasteiger partial charge in [-0.15, -0.1) is 0 Å². The SMILES string of the molecule is CCCCCCCCNCC(C)(F)F. The zero-order chi connectivity index (χ0) is 10.9. The molecule has 14 heavy (non-hydrogen) atoms. The molecule has 86 valence electrons. The Morgan fingerprint density at radius 1 is 1.00 bits per heavy atom. The lowest BCUT2D eigenvalue weighted by molar-refractivity contribution is 0.0228. The zero-order valence-corrected chi connectivity index (χ0v) is 9.41. The van der Waals surface area contributed by atoms with Gasteiger partial charge in [-0.1, -0.05) is 39.0 Å². The first-order valence-electron chi connectivity index (χ1n) is 5.65. The van der Waals surface area contributed by atoms with E-state index >= 15 is 0 Å². The fourth-order valence-electron chi connectivity index (χ4n) is 1.34. The Hall–Kier alpha value is -0.180. The average molecular weight is 207 g/mol. The van der Waals surface area contributed by atoms with Gasteiger partial charge in [0.25, 0.3) is 5.92 Å². The topological polar surface area (TPSA) is 12.0 Å². The Morgan fingerprint density at radius 3 is 2.14 bits per heavy atom. The minimum atomic E-state index is -2.57. The quantitative estimate of drug-likeness (QED) is 0.570. The van der Waals surface area contributed by atoms with Crippen LogP contribution < -0.4 is 5.32 Å². The van der Waals surface area contributed by atoms with Gasteiger partial charge in [-0.25, -0.2) is 8.78 Å². The molecule has 0 aliphatic heterocycles. The summed E-state index contributed by atoms with van der Waals surface area (Å²) in [5.41, 5.74) is 0. The Balaban J connectivity index is 2.99. The smallest absolute Gasteiger partial charge is 0.257 e. The average Bonchev–Trinajstić information content (AvgIpc) is 2.08. The highest BCUT2D eigenvalue weighted by molar-refractivity contribution is 4.61. The predicted molar refractivity (Wildman–Crippen MR) is 56.9 cm³/mol. The maximum atomic E-state index is 12.3. The molecule has 0 rings (SSSR count). The number of nitrogens with one attached hydrogen (secondary N) is 1. The van der Waals surface area contributed by atoms with Crippen LogP contribution in [-0.2, 0) is 0 Å². The van der Waals surface area contributed by atoms with Gasteiger partial charge in [0.15, 0.2) is 0 Å². The standard InChI is InChI=1S/C11H23F2N/c1-3-4-5-6-7-8-9-14-10-11(2,12)13/h14H,3-10H2,1-2H3. The predicted octanol–water partition coefficient (Wildman–Crippen LogP) is 3.59. The molecule has 0 aromatic carbocycles. The van der Waals surface area contributed by atoms with Crippen molar-refractivity contribution in [3.05, 3.63) is 0 Å². The fourth-order valence-corrected chi connectivity index (χ4v) is 1.34. The van der Waals surface area contributed by atoms with Gasteiger partial charge in [0.2, 0.25) is 0 Å². The molecule has 0 aromatic rings. The summed E-state index contributed by atoms with van der Waals surface area (Å²) >= 11 is 0. The van der Waals surface area contributed by atoms with E-state index in [4.69, 9.17) is 0 Å². The van der Waals surface area contributed by atoms with E-state index in [1.54, 1.807) is 0 Å². The molecule has 0 amide bonds. The first-order chi connectivity index (χ1) is 6.56. The maximum Gasteiger partial charge on any atom is 0.257 e. The van der Waals surface area contributed by atoms with Crippen LogP contribution in [0, 0.1) is 0 Å². The van der Waals surface area contributed by atoms with E-state index in [0.717, 1.165) is 26.3 Å². The number of hydrogen-bond donors (Lipinski definition) is 1. The lowest BCUT2D eigenvalue weighted by Gasteiger charge is -2.10. The van der Waals surface area contributed by atoms with Crippen molar-refractivity contribution in [2.75, 3.05) is 13.1 Å². The highest BCUT2D eigenvalue weighted by atomic mass is 19.3.